The highest BCUT2D eigenvalue weighted by Gasteiger charge is 2.31. The van der Waals surface area contributed by atoms with E-state index in [0.717, 1.165) is 25.1 Å². The van der Waals surface area contributed by atoms with E-state index >= 15 is 0 Å². The second-order valence-electron chi connectivity index (χ2n) is 8.64. The van der Waals surface area contributed by atoms with Crippen molar-refractivity contribution in [3.63, 3.8) is 0 Å². The minimum absolute atomic E-state index is 0.0704. The molecule has 3 heterocycles. The van der Waals surface area contributed by atoms with Gasteiger partial charge in [-0.05, 0) is 55.6 Å². The van der Waals surface area contributed by atoms with Crippen molar-refractivity contribution in [2.45, 2.75) is 39.3 Å². The number of amides is 1. The summed E-state index contributed by atoms with van der Waals surface area (Å²) in [6.45, 7) is 5.43. The minimum Gasteiger partial charge on any atom is -0.478 e. The number of ether oxygens (including phenoxy) is 1. The van der Waals surface area contributed by atoms with E-state index in [9.17, 15) is 9.18 Å². The zero-order valence-corrected chi connectivity index (χ0v) is 19.2. The highest BCUT2D eigenvalue weighted by atomic mass is 35.5. The van der Waals surface area contributed by atoms with E-state index in [4.69, 9.17) is 16.3 Å². The van der Waals surface area contributed by atoms with Gasteiger partial charge in [-0.25, -0.2) is 14.4 Å². The van der Waals surface area contributed by atoms with E-state index in [2.05, 4.69) is 33.5 Å². The Hall–Kier alpha value is -3.03. The maximum Gasteiger partial charge on any atom is 0.265 e. The molecule has 3 aromatic rings. The monoisotopic (exact) mass is 466 g/mol. The topological polar surface area (TPSA) is 67.4 Å². The first-order valence-corrected chi connectivity index (χ1v) is 11.4. The lowest BCUT2D eigenvalue weighted by molar-refractivity contribution is -0.121. The summed E-state index contributed by atoms with van der Waals surface area (Å²) in [5, 5.41) is 3.69. The van der Waals surface area contributed by atoms with E-state index in [1.165, 1.54) is 17.2 Å². The van der Waals surface area contributed by atoms with Crippen LogP contribution in [0.25, 0.3) is 11.3 Å². The normalized spacial score (nSPS) is 15.3. The number of hydrogen-bond acceptors (Lipinski definition) is 5. The van der Waals surface area contributed by atoms with Gasteiger partial charge in [0.1, 0.15) is 5.82 Å². The van der Waals surface area contributed by atoms with Crippen LogP contribution in [0.3, 0.4) is 0 Å². The number of nitrogens with one attached hydrogen (secondary N) is 1. The van der Waals surface area contributed by atoms with Gasteiger partial charge in [0.15, 0.2) is 18.2 Å². The molecule has 2 aliphatic heterocycles. The summed E-state index contributed by atoms with van der Waals surface area (Å²) >= 11 is 6.43. The average Bonchev–Trinajstić information content (AvgIpc) is 2.79. The Morgan fingerprint density at radius 2 is 2.09 bits per heavy atom. The molecule has 2 aliphatic rings. The van der Waals surface area contributed by atoms with Gasteiger partial charge in [-0.15, -0.1) is 0 Å². The van der Waals surface area contributed by atoms with E-state index in [1.54, 1.807) is 17.2 Å². The largest absolute Gasteiger partial charge is 0.478 e. The fourth-order valence-electron chi connectivity index (χ4n) is 4.46. The zero-order valence-electron chi connectivity index (χ0n) is 18.5. The van der Waals surface area contributed by atoms with Crippen molar-refractivity contribution in [3.05, 3.63) is 69.9 Å². The summed E-state index contributed by atoms with van der Waals surface area (Å²) in [6, 6.07) is 9.34. The van der Waals surface area contributed by atoms with Crippen LogP contribution in [0.1, 0.15) is 36.4 Å². The molecule has 0 bridgehead atoms. The Labute approximate surface area is 196 Å². The molecular formula is C25H24ClFN4O2. The first-order valence-electron chi connectivity index (χ1n) is 11.0. The molecule has 8 heteroatoms. The fraction of sp³-hybridized carbons (Fsp3) is 0.320. The highest BCUT2D eigenvalue weighted by Crippen LogP contribution is 2.40. The molecule has 170 valence electrons. The molecule has 33 heavy (non-hydrogen) atoms. The van der Waals surface area contributed by atoms with Crippen LogP contribution in [0.4, 0.5) is 10.1 Å². The fourth-order valence-corrected chi connectivity index (χ4v) is 4.66. The number of fused-ring (bicyclic) bond motifs is 2. The molecule has 0 atom stereocenters. The first-order chi connectivity index (χ1) is 15.9. The smallest absolute Gasteiger partial charge is 0.265 e. The molecule has 0 fully saturated rings. The number of benzene rings is 2. The molecule has 1 N–H and O–H groups in total. The Morgan fingerprint density at radius 1 is 1.24 bits per heavy atom. The molecule has 2 aromatic carbocycles. The maximum atomic E-state index is 15.0. The van der Waals surface area contributed by atoms with Crippen LogP contribution in [0.2, 0.25) is 5.02 Å². The Bertz CT molecular complexity index is 1250. The molecule has 0 unspecified atom stereocenters. The summed E-state index contributed by atoms with van der Waals surface area (Å²) in [5.74, 6) is -0.109. The molecule has 1 aromatic heterocycles. The summed E-state index contributed by atoms with van der Waals surface area (Å²) in [7, 11) is 0. The van der Waals surface area contributed by atoms with Gasteiger partial charge in [0.25, 0.3) is 5.91 Å². The van der Waals surface area contributed by atoms with Crippen molar-refractivity contribution in [1.82, 2.24) is 15.3 Å². The Kier molecular flexibility index (Phi) is 5.76. The average molecular weight is 467 g/mol. The van der Waals surface area contributed by atoms with Gasteiger partial charge in [-0.1, -0.05) is 29.8 Å². The molecule has 6 nitrogen and oxygen atoms in total. The maximum absolute atomic E-state index is 15.0. The minimum atomic E-state index is -0.555. The lowest BCUT2D eigenvalue weighted by atomic mass is 9.97. The van der Waals surface area contributed by atoms with E-state index < -0.39 is 5.82 Å². The number of rotatable bonds is 4. The number of anilines is 1. The van der Waals surface area contributed by atoms with Crippen LogP contribution >= 0.6 is 11.6 Å². The van der Waals surface area contributed by atoms with Crippen molar-refractivity contribution < 1.29 is 13.9 Å². The second kappa shape index (κ2) is 8.72. The number of nitrogens with zero attached hydrogens (tertiary/aromatic N) is 3. The summed E-state index contributed by atoms with van der Waals surface area (Å²) in [6.07, 6.45) is 3.08. The van der Waals surface area contributed by atoms with Crippen LogP contribution in [0.5, 0.6) is 5.75 Å². The zero-order chi connectivity index (χ0) is 23.1. The molecule has 1 amide bonds. The Morgan fingerprint density at radius 3 is 2.91 bits per heavy atom. The summed E-state index contributed by atoms with van der Waals surface area (Å²) < 4.78 is 20.3. The lowest BCUT2D eigenvalue weighted by Crippen LogP contribution is -2.43. The van der Waals surface area contributed by atoms with Gasteiger partial charge in [0.05, 0.1) is 16.4 Å². The van der Waals surface area contributed by atoms with Crippen molar-refractivity contribution in [2.75, 3.05) is 18.1 Å². The van der Waals surface area contributed by atoms with Gasteiger partial charge >= 0.3 is 0 Å². The predicted molar refractivity (Wildman–Crippen MR) is 125 cm³/mol. The molecule has 5 rings (SSSR count). The quantitative estimate of drug-likeness (QED) is 0.620. The number of aromatic nitrogens is 2. The number of carbonyl (C=O) groups is 1. The molecule has 0 saturated heterocycles. The second-order valence-corrected chi connectivity index (χ2v) is 9.05. The van der Waals surface area contributed by atoms with Gasteiger partial charge < -0.3 is 15.0 Å². The SMILES string of the molecule is CC(C)N1C(=O)COc2c(F)cc(-c3nc(Cc4ccc5c(c4)CCNC5)ncc3Cl)cc21. The van der Waals surface area contributed by atoms with Crippen LogP contribution in [-0.2, 0) is 24.2 Å². The third kappa shape index (κ3) is 4.18. The molecule has 0 aliphatic carbocycles. The van der Waals surface area contributed by atoms with Crippen molar-refractivity contribution >= 4 is 23.2 Å². The van der Waals surface area contributed by atoms with E-state index in [1.807, 2.05) is 13.8 Å². The van der Waals surface area contributed by atoms with Crippen molar-refractivity contribution in [2.24, 2.45) is 0 Å². The van der Waals surface area contributed by atoms with Gasteiger partial charge in [0, 0.05) is 30.8 Å². The standard InChI is InChI=1S/C25H24ClFN4O2/c1-14(2)31-21-10-18(9-20(27)25(21)33-13-23(31)32)24-19(26)12-29-22(30-24)8-15-3-4-17-11-28-6-5-16(17)7-15/h3-4,7,9-10,12,14,28H,5-6,8,11,13H2,1-2H3. The first kappa shape index (κ1) is 21.8. The van der Waals surface area contributed by atoms with Gasteiger partial charge in [-0.3, -0.25) is 4.79 Å². The van der Waals surface area contributed by atoms with E-state index in [0.29, 0.717) is 34.2 Å². The van der Waals surface area contributed by atoms with Crippen molar-refractivity contribution in [3.8, 4) is 17.0 Å². The number of carbonyl (C=O) groups excluding carboxylic acids is 1. The lowest BCUT2D eigenvalue weighted by Gasteiger charge is -2.33. The summed E-state index contributed by atoms with van der Waals surface area (Å²) in [4.78, 5) is 23.0. The van der Waals surface area contributed by atoms with Crippen LogP contribution in [-0.4, -0.2) is 35.1 Å². The molecule has 0 radical (unpaired) electrons. The van der Waals surface area contributed by atoms with Crippen LogP contribution < -0.4 is 15.0 Å². The van der Waals surface area contributed by atoms with Crippen LogP contribution in [0, 0.1) is 5.82 Å². The molecule has 0 saturated carbocycles. The third-order valence-electron chi connectivity index (χ3n) is 6.00. The number of hydrogen-bond donors (Lipinski definition) is 1. The molecular weight excluding hydrogens is 443 g/mol. The van der Waals surface area contributed by atoms with Gasteiger partial charge in [0.2, 0.25) is 0 Å². The van der Waals surface area contributed by atoms with Crippen LogP contribution in [0.15, 0.2) is 36.5 Å². The van der Waals surface area contributed by atoms with Crippen molar-refractivity contribution in [1.29, 1.82) is 0 Å². The van der Waals surface area contributed by atoms with Gasteiger partial charge in [-0.2, -0.15) is 0 Å². The molecule has 0 spiro atoms. The number of halogens is 2. The summed E-state index contributed by atoms with van der Waals surface area (Å²) in [5.41, 5.74) is 5.06. The van der Waals surface area contributed by atoms with E-state index in [-0.39, 0.29) is 24.3 Å². The third-order valence-corrected chi connectivity index (χ3v) is 6.27. The Balaban J connectivity index is 1.51. The highest BCUT2D eigenvalue weighted by molar-refractivity contribution is 6.32. The predicted octanol–water partition coefficient (Wildman–Crippen LogP) is 4.31.